The molecule has 0 fully saturated rings. The Bertz CT molecular complexity index is 1160. The van der Waals surface area contributed by atoms with Gasteiger partial charge in [-0.05, 0) is 61.1 Å². The van der Waals surface area contributed by atoms with Crippen LogP contribution in [0.4, 0.5) is 18.9 Å². The Morgan fingerprint density at radius 1 is 1.08 bits per heavy atom. The predicted molar refractivity (Wildman–Crippen MR) is 152 cm³/mol. The molecule has 0 aliphatic heterocycles. The molecule has 0 saturated heterocycles. The van der Waals surface area contributed by atoms with Crippen LogP contribution in [-0.4, -0.2) is 23.3 Å². The van der Waals surface area contributed by atoms with E-state index in [2.05, 4.69) is 72.9 Å². The van der Waals surface area contributed by atoms with Crippen molar-refractivity contribution in [1.29, 1.82) is 0 Å². The molecule has 3 nitrogen and oxygen atoms in total. The van der Waals surface area contributed by atoms with E-state index in [1.54, 1.807) is 6.20 Å². The van der Waals surface area contributed by atoms with Crippen LogP contribution in [0.2, 0.25) is 5.02 Å². The molecule has 198 valence electrons. The van der Waals surface area contributed by atoms with Crippen LogP contribution in [0.5, 0.6) is 0 Å². The van der Waals surface area contributed by atoms with Crippen molar-refractivity contribution in [2.24, 2.45) is 5.92 Å². The molecule has 37 heavy (non-hydrogen) atoms. The van der Waals surface area contributed by atoms with Gasteiger partial charge in [0.15, 0.2) is 0 Å². The Morgan fingerprint density at radius 3 is 2.38 bits per heavy atom. The highest BCUT2D eigenvalue weighted by Gasteiger charge is 2.31. The zero-order chi connectivity index (χ0) is 27.0. The number of anilines is 1. The molecule has 1 unspecified atom stereocenters. The van der Waals surface area contributed by atoms with E-state index in [1.807, 2.05) is 12.1 Å². The third kappa shape index (κ3) is 8.71. The Hall–Kier alpha value is -2.64. The van der Waals surface area contributed by atoms with Gasteiger partial charge in [-0.15, -0.1) is 0 Å². The number of nitrogens with zero attached hydrogens (tertiary/aromatic N) is 1. The monoisotopic (exact) mass is 547 g/mol. The standard InChI is InChI=1S/C29H33ClF3N3S/c1-19(2)16-26(36-25-9-4-21(5-10-25)20(3)34-14-15-37)12-11-24-8-6-22(18-35-24)27-13-7-23(17-28(27)30)29(31,32)33/h4-10,13,17-19,26,34,36-37H,3,11-12,14-16H2,1-2H3. The van der Waals surface area contributed by atoms with E-state index in [4.69, 9.17) is 11.6 Å². The Morgan fingerprint density at radius 2 is 1.81 bits per heavy atom. The van der Waals surface area contributed by atoms with Gasteiger partial charge in [-0.3, -0.25) is 4.98 Å². The number of nitrogens with one attached hydrogen (secondary N) is 2. The molecule has 2 aromatic carbocycles. The summed E-state index contributed by atoms with van der Waals surface area (Å²) in [5, 5.41) is 6.95. The third-order valence-corrected chi connectivity index (χ3v) is 6.53. The van der Waals surface area contributed by atoms with Crippen LogP contribution < -0.4 is 10.6 Å². The zero-order valence-electron chi connectivity index (χ0n) is 21.1. The second-order valence-electron chi connectivity index (χ2n) is 9.45. The molecule has 0 spiro atoms. The lowest BCUT2D eigenvalue weighted by Gasteiger charge is -2.22. The van der Waals surface area contributed by atoms with Crippen molar-refractivity contribution >= 4 is 35.6 Å². The van der Waals surface area contributed by atoms with E-state index in [0.717, 1.165) is 66.3 Å². The molecular formula is C29H33ClF3N3S. The molecule has 0 aliphatic rings. The quantitative estimate of drug-likeness (QED) is 0.199. The fraction of sp³-hybridized carbons (Fsp3) is 0.345. The first kappa shape index (κ1) is 28.9. The van der Waals surface area contributed by atoms with Crippen molar-refractivity contribution in [1.82, 2.24) is 10.3 Å². The zero-order valence-corrected chi connectivity index (χ0v) is 22.7. The molecular weight excluding hydrogens is 515 g/mol. The Kier molecular flexibility index (Phi) is 10.4. The van der Waals surface area contributed by atoms with Gasteiger partial charge >= 0.3 is 6.18 Å². The highest BCUT2D eigenvalue weighted by Crippen LogP contribution is 2.35. The van der Waals surface area contributed by atoms with Crippen molar-refractivity contribution in [2.45, 2.75) is 45.3 Å². The summed E-state index contributed by atoms with van der Waals surface area (Å²) >= 11 is 10.4. The minimum absolute atomic E-state index is 0.0534. The first-order chi connectivity index (χ1) is 17.6. The van der Waals surface area contributed by atoms with E-state index >= 15 is 0 Å². The van der Waals surface area contributed by atoms with Crippen LogP contribution in [0.25, 0.3) is 16.8 Å². The largest absolute Gasteiger partial charge is 0.416 e. The number of aromatic nitrogens is 1. The number of hydrogen-bond acceptors (Lipinski definition) is 4. The van der Waals surface area contributed by atoms with Crippen molar-refractivity contribution < 1.29 is 13.2 Å². The fourth-order valence-electron chi connectivity index (χ4n) is 4.11. The van der Waals surface area contributed by atoms with E-state index in [0.29, 0.717) is 17.0 Å². The van der Waals surface area contributed by atoms with Gasteiger partial charge in [-0.25, -0.2) is 0 Å². The van der Waals surface area contributed by atoms with Gasteiger partial charge in [0.1, 0.15) is 0 Å². The van der Waals surface area contributed by atoms with Gasteiger partial charge < -0.3 is 10.6 Å². The molecule has 1 atom stereocenters. The molecule has 1 aromatic heterocycles. The summed E-state index contributed by atoms with van der Waals surface area (Å²) in [6.45, 7) is 9.25. The molecule has 0 radical (unpaired) electrons. The van der Waals surface area contributed by atoms with Crippen molar-refractivity contribution in [2.75, 3.05) is 17.6 Å². The lowest BCUT2D eigenvalue weighted by Crippen LogP contribution is -2.22. The maximum Gasteiger partial charge on any atom is 0.416 e. The average Bonchev–Trinajstić information content (AvgIpc) is 2.86. The summed E-state index contributed by atoms with van der Waals surface area (Å²) in [5.41, 5.74) is 4.35. The van der Waals surface area contributed by atoms with Crippen LogP contribution in [0.15, 0.2) is 67.4 Å². The Balaban J connectivity index is 1.63. The number of hydrogen-bond donors (Lipinski definition) is 3. The molecule has 2 N–H and O–H groups in total. The highest BCUT2D eigenvalue weighted by atomic mass is 35.5. The minimum atomic E-state index is -4.43. The first-order valence-corrected chi connectivity index (χ1v) is 13.3. The predicted octanol–water partition coefficient (Wildman–Crippen LogP) is 8.37. The molecule has 3 rings (SSSR count). The lowest BCUT2D eigenvalue weighted by atomic mass is 9.98. The molecule has 3 aromatic rings. The number of pyridine rings is 1. The van der Waals surface area contributed by atoms with Crippen molar-refractivity contribution in [3.8, 4) is 11.1 Å². The average molecular weight is 548 g/mol. The number of thiol groups is 1. The molecule has 0 bridgehead atoms. The van der Waals surface area contributed by atoms with E-state index in [-0.39, 0.29) is 11.1 Å². The highest BCUT2D eigenvalue weighted by molar-refractivity contribution is 7.80. The first-order valence-electron chi connectivity index (χ1n) is 12.3. The van der Waals surface area contributed by atoms with Gasteiger partial charge in [-0.1, -0.05) is 56.3 Å². The maximum absolute atomic E-state index is 12.9. The minimum Gasteiger partial charge on any atom is -0.384 e. The van der Waals surface area contributed by atoms with Gasteiger partial charge in [0.25, 0.3) is 0 Å². The van der Waals surface area contributed by atoms with Gasteiger partial charge in [-0.2, -0.15) is 25.8 Å². The second kappa shape index (κ2) is 13.2. The van der Waals surface area contributed by atoms with Crippen LogP contribution in [0.1, 0.15) is 43.5 Å². The molecule has 0 amide bonds. The van der Waals surface area contributed by atoms with Crippen LogP contribution in [0.3, 0.4) is 0 Å². The third-order valence-electron chi connectivity index (χ3n) is 5.99. The summed E-state index contributed by atoms with van der Waals surface area (Å²) in [6, 6.07) is 15.7. The fourth-order valence-corrected chi connectivity index (χ4v) is 4.51. The number of benzene rings is 2. The van der Waals surface area contributed by atoms with Gasteiger partial charge in [0, 0.05) is 57.8 Å². The summed E-state index contributed by atoms with van der Waals surface area (Å²) in [6.07, 6.45) is -0.0819. The van der Waals surface area contributed by atoms with Crippen LogP contribution in [-0.2, 0) is 12.6 Å². The number of alkyl halides is 3. The van der Waals surface area contributed by atoms with E-state index in [9.17, 15) is 13.2 Å². The van der Waals surface area contributed by atoms with Crippen LogP contribution >= 0.6 is 24.2 Å². The second-order valence-corrected chi connectivity index (χ2v) is 10.3. The number of rotatable bonds is 12. The van der Waals surface area contributed by atoms with E-state index < -0.39 is 11.7 Å². The van der Waals surface area contributed by atoms with E-state index in [1.165, 1.54) is 6.07 Å². The van der Waals surface area contributed by atoms with Crippen molar-refractivity contribution in [3.63, 3.8) is 0 Å². The van der Waals surface area contributed by atoms with Crippen LogP contribution in [0, 0.1) is 5.92 Å². The summed E-state index contributed by atoms with van der Waals surface area (Å²) in [5.74, 6) is 1.27. The summed E-state index contributed by atoms with van der Waals surface area (Å²) in [4.78, 5) is 4.55. The normalized spacial score (nSPS) is 12.4. The number of halogens is 4. The maximum atomic E-state index is 12.9. The summed E-state index contributed by atoms with van der Waals surface area (Å²) in [7, 11) is 0. The topological polar surface area (TPSA) is 37.0 Å². The van der Waals surface area contributed by atoms with Crippen molar-refractivity contribution in [3.05, 3.63) is 89.2 Å². The molecule has 8 heteroatoms. The SMILES string of the molecule is C=C(NCCS)c1ccc(NC(CCc2ccc(-c3ccc(C(F)(F)F)cc3Cl)cn2)CC(C)C)cc1. The lowest BCUT2D eigenvalue weighted by molar-refractivity contribution is -0.137. The molecule has 0 aliphatic carbocycles. The smallest absolute Gasteiger partial charge is 0.384 e. The van der Waals surface area contributed by atoms with Gasteiger partial charge in [0.2, 0.25) is 0 Å². The number of aryl methyl sites for hydroxylation is 1. The Labute approximate surface area is 228 Å². The molecule has 0 saturated carbocycles. The van der Waals surface area contributed by atoms with Gasteiger partial charge in [0.05, 0.1) is 5.56 Å². The summed E-state index contributed by atoms with van der Waals surface area (Å²) < 4.78 is 38.8. The molecule has 1 heterocycles.